The van der Waals surface area contributed by atoms with Gasteiger partial charge in [0.25, 0.3) is 5.91 Å². The summed E-state index contributed by atoms with van der Waals surface area (Å²) in [6, 6.07) is 17.4. The van der Waals surface area contributed by atoms with Crippen LogP contribution >= 0.6 is 0 Å². The molecular formula is C20H16N2O4. The van der Waals surface area contributed by atoms with E-state index >= 15 is 0 Å². The highest BCUT2D eigenvalue weighted by atomic mass is 16.4. The first-order valence-corrected chi connectivity index (χ1v) is 8.11. The summed E-state index contributed by atoms with van der Waals surface area (Å²) >= 11 is 0. The van der Waals surface area contributed by atoms with Gasteiger partial charge in [-0.1, -0.05) is 24.3 Å². The number of carboxylic acid groups (broad SMARTS) is 1. The summed E-state index contributed by atoms with van der Waals surface area (Å²) in [5, 5.41) is 12.3. The Balaban J connectivity index is 1.64. The Morgan fingerprint density at radius 2 is 1.81 bits per heavy atom. The fourth-order valence-corrected chi connectivity index (χ4v) is 3.04. The highest BCUT2D eigenvalue weighted by Crippen LogP contribution is 2.34. The van der Waals surface area contributed by atoms with Crippen molar-refractivity contribution in [3.8, 4) is 11.3 Å². The van der Waals surface area contributed by atoms with Crippen LogP contribution in [0.4, 0.5) is 5.69 Å². The molecule has 130 valence electrons. The Morgan fingerprint density at radius 1 is 1.08 bits per heavy atom. The Morgan fingerprint density at radius 3 is 2.54 bits per heavy atom. The summed E-state index contributed by atoms with van der Waals surface area (Å²) in [5.41, 5.74) is 2.38. The molecular weight excluding hydrogens is 332 g/mol. The third kappa shape index (κ3) is 2.61. The number of hydrogen-bond donors (Lipinski definition) is 2. The maximum atomic E-state index is 12.6. The van der Waals surface area contributed by atoms with Crippen LogP contribution in [0.25, 0.3) is 11.3 Å². The predicted octanol–water partition coefficient (Wildman–Crippen LogP) is 3.84. The molecule has 3 aromatic rings. The van der Waals surface area contributed by atoms with E-state index in [1.54, 1.807) is 30.1 Å². The number of aromatic carboxylic acids is 1. The molecule has 0 bridgehead atoms. The van der Waals surface area contributed by atoms with E-state index in [1.807, 2.05) is 30.3 Å². The van der Waals surface area contributed by atoms with E-state index in [2.05, 4.69) is 5.32 Å². The van der Waals surface area contributed by atoms with Crippen LogP contribution in [0.2, 0.25) is 0 Å². The number of carbonyl (C=O) groups excluding carboxylic acids is 1. The molecule has 1 aliphatic heterocycles. The molecule has 2 aromatic carbocycles. The number of benzene rings is 2. The maximum absolute atomic E-state index is 12.6. The number of fused-ring (bicyclic) bond motifs is 1. The van der Waals surface area contributed by atoms with E-state index in [-0.39, 0.29) is 11.5 Å². The van der Waals surface area contributed by atoms with Gasteiger partial charge in [0.2, 0.25) is 0 Å². The smallest absolute Gasteiger partial charge is 0.335 e. The lowest BCUT2D eigenvalue weighted by molar-refractivity contribution is 0.0694. The van der Waals surface area contributed by atoms with Crippen molar-refractivity contribution in [2.75, 3.05) is 12.4 Å². The monoisotopic (exact) mass is 348 g/mol. The standard InChI is InChI=1S/C20H16N2O4/c1-22-18(21-15-5-3-2-4-14(15)19(22)23)17-11-10-16(26-17)12-6-8-13(9-7-12)20(24)25/h2-11,18,21H,1H3,(H,24,25). The molecule has 2 heterocycles. The number of carboxylic acids is 1. The van der Waals surface area contributed by atoms with Crippen LogP contribution in [-0.2, 0) is 0 Å². The summed E-state index contributed by atoms with van der Waals surface area (Å²) < 4.78 is 5.94. The first-order chi connectivity index (χ1) is 12.5. The molecule has 26 heavy (non-hydrogen) atoms. The Labute approximate surface area is 149 Å². The molecule has 0 saturated heterocycles. The van der Waals surface area contributed by atoms with E-state index in [0.717, 1.165) is 11.3 Å². The van der Waals surface area contributed by atoms with Crippen LogP contribution in [0.15, 0.2) is 65.1 Å². The zero-order chi connectivity index (χ0) is 18.3. The SMILES string of the molecule is CN1C(=O)c2ccccc2NC1c1ccc(-c2ccc(C(=O)O)cc2)o1. The zero-order valence-corrected chi connectivity index (χ0v) is 14.0. The molecule has 6 heteroatoms. The first-order valence-electron chi connectivity index (χ1n) is 8.11. The number of anilines is 1. The lowest BCUT2D eigenvalue weighted by Crippen LogP contribution is -2.39. The number of nitrogens with one attached hydrogen (secondary N) is 1. The van der Waals surface area contributed by atoms with Gasteiger partial charge in [-0.05, 0) is 36.4 Å². The van der Waals surface area contributed by atoms with Crippen molar-refractivity contribution in [3.63, 3.8) is 0 Å². The van der Waals surface area contributed by atoms with Gasteiger partial charge in [-0.15, -0.1) is 0 Å². The average molecular weight is 348 g/mol. The summed E-state index contributed by atoms with van der Waals surface area (Å²) in [6.07, 6.45) is -0.413. The third-order valence-corrected chi connectivity index (χ3v) is 4.47. The van der Waals surface area contributed by atoms with Crippen molar-refractivity contribution in [2.24, 2.45) is 0 Å². The molecule has 0 fully saturated rings. The highest BCUT2D eigenvalue weighted by molar-refractivity contribution is 6.01. The highest BCUT2D eigenvalue weighted by Gasteiger charge is 2.31. The van der Waals surface area contributed by atoms with E-state index in [4.69, 9.17) is 9.52 Å². The van der Waals surface area contributed by atoms with Gasteiger partial charge in [-0.25, -0.2) is 4.79 Å². The summed E-state index contributed by atoms with van der Waals surface area (Å²) in [4.78, 5) is 25.1. The second kappa shape index (κ2) is 6.07. The number of para-hydroxylation sites is 1. The number of amides is 1. The molecule has 1 amide bonds. The Kier molecular flexibility index (Phi) is 3.73. The topological polar surface area (TPSA) is 82.8 Å². The zero-order valence-electron chi connectivity index (χ0n) is 14.0. The van der Waals surface area contributed by atoms with E-state index < -0.39 is 12.1 Å². The lowest BCUT2D eigenvalue weighted by atomic mass is 10.1. The van der Waals surface area contributed by atoms with Crippen LogP contribution in [0.3, 0.4) is 0 Å². The summed E-state index contributed by atoms with van der Waals surface area (Å²) in [6.45, 7) is 0. The van der Waals surface area contributed by atoms with Crippen LogP contribution in [0, 0.1) is 0 Å². The number of rotatable bonds is 3. The van der Waals surface area contributed by atoms with Gasteiger partial charge in [-0.2, -0.15) is 0 Å². The van der Waals surface area contributed by atoms with Crippen molar-refractivity contribution in [3.05, 3.63) is 77.6 Å². The predicted molar refractivity (Wildman–Crippen MR) is 96.0 cm³/mol. The minimum atomic E-state index is -0.970. The maximum Gasteiger partial charge on any atom is 0.335 e. The molecule has 0 radical (unpaired) electrons. The molecule has 4 rings (SSSR count). The van der Waals surface area contributed by atoms with E-state index in [0.29, 0.717) is 17.1 Å². The first kappa shape index (κ1) is 16.0. The molecule has 0 spiro atoms. The molecule has 1 atom stereocenters. The van der Waals surface area contributed by atoms with Gasteiger partial charge in [0.15, 0.2) is 6.17 Å². The number of carbonyl (C=O) groups is 2. The fourth-order valence-electron chi connectivity index (χ4n) is 3.04. The molecule has 6 nitrogen and oxygen atoms in total. The number of furan rings is 1. The van der Waals surface area contributed by atoms with Crippen LogP contribution in [0.1, 0.15) is 32.6 Å². The molecule has 1 aliphatic rings. The largest absolute Gasteiger partial charge is 0.478 e. The van der Waals surface area contributed by atoms with E-state index in [1.165, 1.54) is 12.1 Å². The average Bonchev–Trinajstić information content (AvgIpc) is 3.14. The fraction of sp³-hybridized carbons (Fsp3) is 0.100. The lowest BCUT2D eigenvalue weighted by Gasteiger charge is -2.33. The Hall–Kier alpha value is -3.54. The molecule has 1 aromatic heterocycles. The van der Waals surface area contributed by atoms with Crippen molar-refractivity contribution in [1.82, 2.24) is 4.90 Å². The van der Waals surface area contributed by atoms with Crippen LogP contribution in [0.5, 0.6) is 0 Å². The number of hydrogen-bond acceptors (Lipinski definition) is 4. The summed E-state index contributed by atoms with van der Waals surface area (Å²) in [5.74, 6) is 0.168. The second-order valence-corrected chi connectivity index (χ2v) is 6.09. The summed E-state index contributed by atoms with van der Waals surface area (Å²) in [7, 11) is 1.72. The van der Waals surface area contributed by atoms with Gasteiger partial charge in [0, 0.05) is 18.3 Å². The second-order valence-electron chi connectivity index (χ2n) is 6.09. The minimum Gasteiger partial charge on any atom is -0.478 e. The van der Waals surface area contributed by atoms with Crippen molar-refractivity contribution < 1.29 is 19.1 Å². The molecule has 0 saturated carbocycles. The van der Waals surface area contributed by atoms with Crippen LogP contribution in [-0.4, -0.2) is 28.9 Å². The normalized spacial score (nSPS) is 16.1. The molecule has 2 N–H and O–H groups in total. The van der Waals surface area contributed by atoms with Crippen molar-refractivity contribution >= 4 is 17.6 Å². The van der Waals surface area contributed by atoms with Gasteiger partial charge in [-0.3, -0.25) is 4.79 Å². The Bertz CT molecular complexity index is 991. The third-order valence-electron chi connectivity index (χ3n) is 4.47. The number of nitrogens with zero attached hydrogens (tertiary/aromatic N) is 1. The molecule has 1 unspecified atom stereocenters. The molecule has 0 aliphatic carbocycles. The minimum absolute atomic E-state index is 0.0758. The van der Waals surface area contributed by atoms with Gasteiger partial charge in [0.1, 0.15) is 11.5 Å². The van der Waals surface area contributed by atoms with Crippen molar-refractivity contribution in [1.29, 1.82) is 0 Å². The van der Waals surface area contributed by atoms with Crippen LogP contribution < -0.4 is 5.32 Å². The van der Waals surface area contributed by atoms with Gasteiger partial charge < -0.3 is 19.7 Å². The van der Waals surface area contributed by atoms with Crippen molar-refractivity contribution in [2.45, 2.75) is 6.17 Å². The quantitative estimate of drug-likeness (QED) is 0.751. The van der Waals surface area contributed by atoms with E-state index in [9.17, 15) is 9.59 Å². The van der Waals surface area contributed by atoms with Gasteiger partial charge >= 0.3 is 5.97 Å². The van der Waals surface area contributed by atoms with Gasteiger partial charge in [0.05, 0.1) is 11.1 Å².